The van der Waals surface area contributed by atoms with Crippen LogP contribution in [0.25, 0.3) is 5.76 Å². The lowest BCUT2D eigenvalue weighted by atomic mass is 9.93. The molecule has 7 nitrogen and oxygen atoms in total. The monoisotopic (exact) mass is 526 g/mol. The van der Waals surface area contributed by atoms with Gasteiger partial charge in [-0.15, -0.1) is 0 Å². The van der Waals surface area contributed by atoms with Gasteiger partial charge in [-0.3, -0.25) is 9.59 Å². The molecule has 3 aromatic rings. The summed E-state index contributed by atoms with van der Waals surface area (Å²) in [6.07, 6.45) is 2.32. The first kappa shape index (κ1) is 27.7. The van der Waals surface area contributed by atoms with E-state index in [4.69, 9.17) is 9.47 Å². The molecule has 7 heteroatoms. The predicted octanol–water partition coefficient (Wildman–Crippen LogP) is 5.73. The van der Waals surface area contributed by atoms with Gasteiger partial charge in [-0.1, -0.05) is 43.0 Å². The Labute approximate surface area is 229 Å². The summed E-state index contributed by atoms with van der Waals surface area (Å²) in [5.74, 6) is 0.314. The molecule has 0 spiro atoms. The molecule has 4 rings (SSSR count). The van der Waals surface area contributed by atoms with Crippen molar-refractivity contribution in [3.05, 3.63) is 108 Å². The molecule has 1 atom stereocenters. The Morgan fingerprint density at radius 3 is 2.44 bits per heavy atom. The van der Waals surface area contributed by atoms with Crippen molar-refractivity contribution in [2.75, 3.05) is 33.8 Å². The molecule has 1 N–H and O–H groups in total. The molecule has 0 saturated carbocycles. The van der Waals surface area contributed by atoms with Crippen LogP contribution in [0.2, 0.25) is 0 Å². The molecule has 39 heavy (non-hydrogen) atoms. The molecule has 0 aliphatic carbocycles. The number of aliphatic hydroxyl groups excluding tert-OH is 1. The fourth-order valence-electron chi connectivity index (χ4n) is 4.68. The van der Waals surface area contributed by atoms with Crippen LogP contribution < -0.4 is 9.47 Å². The second-order valence-corrected chi connectivity index (χ2v) is 9.71. The van der Waals surface area contributed by atoms with E-state index in [0.29, 0.717) is 53.5 Å². The first-order valence-corrected chi connectivity index (χ1v) is 12.9. The maximum Gasteiger partial charge on any atom is 0.295 e. The Balaban J connectivity index is 1.77. The van der Waals surface area contributed by atoms with Gasteiger partial charge in [0.25, 0.3) is 11.7 Å². The number of amides is 1. The standard InChI is InChI=1S/C32H34N2O5/c1-5-19-38-25-15-16-27(22(2)20-25)30(35)28-29(34(32(37)31(28)36)18-10-17-33(3)4)23-11-9-14-26(21-23)39-24-12-7-6-8-13-24/h5-9,11-16,20-21,29,35H,1,10,17-19H2,2-4H3/t29-/m0/s1. The van der Waals surface area contributed by atoms with Gasteiger partial charge in [-0.05, 0) is 87.6 Å². The van der Waals surface area contributed by atoms with Crippen LogP contribution in [-0.2, 0) is 9.59 Å². The van der Waals surface area contributed by atoms with Crippen LogP contribution in [0, 0.1) is 6.92 Å². The molecule has 0 radical (unpaired) electrons. The first-order valence-electron chi connectivity index (χ1n) is 12.9. The summed E-state index contributed by atoms with van der Waals surface area (Å²) < 4.78 is 11.6. The normalized spacial score (nSPS) is 16.5. The predicted molar refractivity (Wildman–Crippen MR) is 152 cm³/mol. The van der Waals surface area contributed by atoms with Gasteiger partial charge in [0.1, 0.15) is 29.6 Å². The van der Waals surface area contributed by atoms with Gasteiger partial charge < -0.3 is 24.4 Å². The summed E-state index contributed by atoms with van der Waals surface area (Å²) in [7, 11) is 3.92. The van der Waals surface area contributed by atoms with E-state index < -0.39 is 17.7 Å². The molecule has 3 aromatic carbocycles. The van der Waals surface area contributed by atoms with Gasteiger partial charge in [0.05, 0.1) is 11.6 Å². The lowest BCUT2D eigenvalue weighted by Crippen LogP contribution is -2.32. The van der Waals surface area contributed by atoms with E-state index in [2.05, 4.69) is 6.58 Å². The van der Waals surface area contributed by atoms with Gasteiger partial charge in [0.15, 0.2) is 0 Å². The lowest BCUT2D eigenvalue weighted by Gasteiger charge is -2.26. The van der Waals surface area contributed by atoms with Crippen molar-refractivity contribution >= 4 is 17.4 Å². The number of aryl methyl sites for hydroxylation is 1. The third-order valence-electron chi connectivity index (χ3n) is 6.52. The number of rotatable bonds is 11. The number of ketones is 1. The summed E-state index contributed by atoms with van der Waals surface area (Å²) in [6.45, 7) is 6.95. The van der Waals surface area contributed by atoms with Crippen molar-refractivity contribution in [1.29, 1.82) is 0 Å². The summed E-state index contributed by atoms with van der Waals surface area (Å²) in [6, 6.07) is 21.1. The number of Topliss-reactive ketones (excluding diaryl/α,β-unsaturated/α-hetero) is 1. The van der Waals surface area contributed by atoms with Crippen LogP contribution in [0.5, 0.6) is 17.2 Å². The molecular formula is C32H34N2O5. The maximum atomic E-state index is 13.4. The van der Waals surface area contributed by atoms with Crippen LogP contribution in [0.15, 0.2) is 91.0 Å². The topological polar surface area (TPSA) is 79.3 Å². The van der Waals surface area contributed by atoms with Gasteiger partial charge in [-0.25, -0.2) is 0 Å². The van der Waals surface area contributed by atoms with Crippen molar-refractivity contribution in [3.63, 3.8) is 0 Å². The van der Waals surface area contributed by atoms with Gasteiger partial charge in [0, 0.05) is 12.1 Å². The van der Waals surface area contributed by atoms with E-state index in [1.54, 1.807) is 29.2 Å². The molecule has 0 bridgehead atoms. The highest BCUT2D eigenvalue weighted by Gasteiger charge is 2.46. The number of carbonyl (C=O) groups is 2. The zero-order valence-electron chi connectivity index (χ0n) is 22.6. The Morgan fingerprint density at radius 2 is 1.74 bits per heavy atom. The third-order valence-corrected chi connectivity index (χ3v) is 6.52. The van der Waals surface area contributed by atoms with Crippen LogP contribution >= 0.6 is 0 Å². The van der Waals surface area contributed by atoms with Crippen LogP contribution in [0.1, 0.15) is 29.2 Å². The van der Waals surface area contributed by atoms with Crippen molar-refractivity contribution in [3.8, 4) is 17.2 Å². The molecule has 0 unspecified atom stereocenters. The SMILES string of the molecule is C=CCOc1ccc(C(O)=C2C(=O)C(=O)N(CCCN(C)C)[C@H]2c2cccc(Oc3ccccc3)c2)c(C)c1. The van der Waals surface area contributed by atoms with Crippen LogP contribution in [-0.4, -0.2) is 60.4 Å². The van der Waals surface area contributed by atoms with Crippen molar-refractivity contribution in [2.24, 2.45) is 0 Å². The lowest BCUT2D eigenvalue weighted by molar-refractivity contribution is -0.139. The number of hydrogen-bond acceptors (Lipinski definition) is 6. The highest BCUT2D eigenvalue weighted by molar-refractivity contribution is 6.46. The molecular weight excluding hydrogens is 492 g/mol. The summed E-state index contributed by atoms with van der Waals surface area (Å²) in [5.41, 5.74) is 1.92. The minimum atomic E-state index is -0.762. The number of likely N-dealkylation sites (tertiary alicyclic amines) is 1. The fraction of sp³-hybridized carbons (Fsp3) is 0.250. The molecule has 1 saturated heterocycles. The van der Waals surface area contributed by atoms with Crippen molar-refractivity contribution < 1.29 is 24.2 Å². The Hall–Kier alpha value is -4.36. The second kappa shape index (κ2) is 12.5. The number of nitrogens with zero attached hydrogens (tertiary/aromatic N) is 2. The maximum absolute atomic E-state index is 13.4. The van der Waals surface area contributed by atoms with E-state index >= 15 is 0 Å². The van der Waals surface area contributed by atoms with E-state index in [9.17, 15) is 14.7 Å². The van der Waals surface area contributed by atoms with Crippen LogP contribution in [0.4, 0.5) is 0 Å². The number of benzene rings is 3. The van der Waals surface area contributed by atoms with E-state index in [0.717, 1.165) is 6.54 Å². The average molecular weight is 527 g/mol. The number of carbonyl (C=O) groups excluding carboxylic acids is 2. The Morgan fingerprint density at radius 1 is 1.00 bits per heavy atom. The molecule has 1 heterocycles. The first-order chi connectivity index (χ1) is 18.8. The zero-order valence-corrected chi connectivity index (χ0v) is 22.6. The summed E-state index contributed by atoms with van der Waals surface area (Å²) in [5, 5.41) is 11.5. The summed E-state index contributed by atoms with van der Waals surface area (Å²) in [4.78, 5) is 30.3. The minimum Gasteiger partial charge on any atom is -0.507 e. The number of aliphatic hydroxyl groups is 1. The minimum absolute atomic E-state index is 0.0598. The molecule has 202 valence electrons. The largest absolute Gasteiger partial charge is 0.507 e. The van der Waals surface area contributed by atoms with Crippen molar-refractivity contribution in [1.82, 2.24) is 9.80 Å². The number of ether oxygens (including phenoxy) is 2. The van der Waals surface area contributed by atoms with E-state index in [1.165, 1.54) is 0 Å². The van der Waals surface area contributed by atoms with E-state index in [1.807, 2.05) is 80.5 Å². The smallest absolute Gasteiger partial charge is 0.295 e. The quantitative estimate of drug-likeness (QED) is 0.149. The molecule has 1 amide bonds. The Kier molecular flexibility index (Phi) is 8.84. The number of hydrogen-bond donors (Lipinski definition) is 1. The highest BCUT2D eigenvalue weighted by atomic mass is 16.5. The van der Waals surface area contributed by atoms with Gasteiger partial charge in [0.2, 0.25) is 0 Å². The third kappa shape index (κ3) is 6.38. The van der Waals surface area contributed by atoms with E-state index in [-0.39, 0.29) is 11.3 Å². The van der Waals surface area contributed by atoms with Gasteiger partial charge in [-0.2, -0.15) is 0 Å². The zero-order chi connectivity index (χ0) is 27.9. The summed E-state index contributed by atoms with van der Waals surface area (Å²) >= 11 is 0. The Bertz CT molecular complexity index is 1380. The molecule has 1 aliphatic heterocycles. The molecule has 1 aliphatic rings. The van der Waals surface area contributed by atoms with Crippen LogP contribution in [0.3, 0.4) is 0 Å². The van der Waals surface area contributed by atoms with Gasteiger partial charge >= 0.3 is 0 Å². The van der Waals surface area contributed by atoms with Crippen molar-refractivity contribution in [2.45, 2.75) is 19.4 Å². The molecule has 0 aromatic heterocycles. The average Bonchev–Trinajstić information content (AvgIpc) is 3.17. The number of para-hydroxylation sites is 1. The molecule has 1 fully saturated rings. The highest BCUT2D eigenvalue weighted by Crippen LogP contribution is 2.41. The fourth-order valence-corrected chi connectivity index (χ4v) is 4.68. The second-order valence-electron chi connectivity index (χ2n) is 9.71.